The zero-order valence-corrected chi connectivity index (χ0v) is 18.9. The third kappa shape index (κ3) is 5.01. The van der Waals surface area contributed by atoms with Gasteiger partial charge < -0.3 is 15.5 Å². The van der Waals surface area contributed by atoms with E-state index in [0.717, 1.165) is 5.69 Å². The number of rotatable bonds is 6. The molecule has 0 radical (unpaired) electrons. The number of carbonyl (C=O) groups excluding carboxylic acids is 2. The summed E-state index contributed by atoms with van der Waals surface area (Å²) in [5.74, 6) is 0.678. The van der Waals surface area contributed by atoms with Crippen LogP contribution in [0.3, 0.4) is 0 Å². The fourth-order valence-electron chi connectivity index (χ4n) is 3.93. The molecule has 4 aromatic rings. The molecule has 9 nitrogen and oxygen atoms in total. The SMILES string of the molecule is Cc1nc(Nc2ccc(NC(=O)[C@H]3CC(=O)N(c4ccc(F)cc4)C3)cc2)cc(-n2ccnc2)n1. The van der Waals surface area contributed by atoms with Gasteiger partial charge in [0.2, 0.25) is 11.8 Å². The zero-order chi connectivity index (χ0) is 24.4. The Bertz CT molecular complexity index is 1360. The number of hydrogen-bond acceptors (Lipinski definition) is 6. The van der Waals surface area contributed by atoms with E-state index in [9.17, 15) is 14.0 Å². The molecule has 35 heavy (non-hydrogen) atoms. The summed E-state index contributed by atoms with van der Waals surface area (Å²) in [7, 11) is 0. The molecular weight excluding hydrogens is 449 g/mol. The molecule has 2 N–H and O–H groups in total. The molecule has 0 bridgehead atoms. The molecule has 1 aliphatic heterocycles. The van der Waals surface area contributed by atoms with Gasteiger partial charge in [0, 0.05) is 48.5 Å². The lowest BCUT2D eigenvalue weighted by molar-refractivity contribution is -0.122. The number of anilines is 4. The van der Waals surface area contributed by atoms with E-state index in [2.05, 4.69) is 25.6 Å². The van der Waals surface area contributed by atoms with Crippen molar-refractivity contribution in [3.05, 3.63) is 85.0 Å². The molecule has 5 rings (SSSR count). The first-order chi connectivity index (χ1) is 16.9. The van der Waals surface area contributed by atoms with Gasteiger partial charge in [-0.05, 0) is 55.5 Å². The van der Waals surface area contributed by atoms with Gasteiger partial charge in [-0.25, -0.2) is 19.3 Å². The molecule has 0 aliphatic carbocycles. The predicted molar refractivity (Wildman–Crippen MR) is 129 cm³/mol. The summed E-state index contributed by atoms with van der Waals surface area (Å²) in [5, 5.41) is 6.11. The number of amides is 2. The van der Waals surface area contributed by atoms with Crippen molar-refractivity contribution < 1.29 is 14.0 Å². The van der Waals surface area contributed by atoms with Gasteiger partial charge in [-0.3, -0.25) is 14.2 Å². The van der Waals surface area contributed by atoms with Crippen molar-refractivity contribution in [3.8, 4) is 5.82 Å². The first-order valence-corrected chi connectivity index (χ1v) is 11.0. The van der Waals surface area contributed by atoms with E-state index in [-0.39, 0.29) is 30.6 Å². The van der Waals surface area contributed by atoms with Crippen molar-refractivity contribution in [1.82, 2.24) is 19.5 Å². The Morgan fingerprint density at radius 2 is 1.80 bits per heavy atom. The summed E-state index contributed by atoms with van der Waals surface area (Å²) in [6, 6.07) is 14.7. The maximum atomic E-state index is 13.2. The molecule has 2 aromatic carbocycles. The minimum absolute atomic E-state index is 0.106. The maximum absolute atomic E-state index is 13.2. The first kappa shape index (κ1) is 22.2. The first-order valence-electron chi connectivity index (χ1n) is 11.0. The van der Waals surface area contributed by atoms with Crippen LogP contribution in [0.15, 0.2) is 73.3 Å². The van der Waals surface area contributed by atoms with Gasteiger partial charge in [0.05, 0.1) is 5.92 Å². The third-order valence-electron chi connectivity index (χ3n) is 5.65. The van der Waals surface area contributed by atoms with Gasteiger partial charge in [0.15, 0.2) is 0 Å². The molecule has 10 heteroatoms. The summed E-state index contributed by atoms with van der Waals surface area (Å²) < 4.78 is 15.0. The topological polar surface area (TPSA) is 105 Å². The predicted octanol–water partition coefficient (Wildman–Crippen LogP) is 3.85. The van der Waals surface area contributed by atoms with Crippen molar-refractivity contribution in [2.24, 2.45) is 5.92 Å². The number of nitrogens with zero attached hydrogens (tertiary/aromatic N) is 5. The van der Waals surface area contributed by atoms with E-state index in [1.54, 1.807) is 35.4 Å². The third-order valence-corrected chi connectivity index (χ3v) is 5.65. The lowest BCUT2D eigenvalue weighted by atomic mass is 10.1. The number of nitrogens with one attached hydrogen (secondary N) is 2. The highest BCUT2D eigenvalue weighted by Crippen LogP contribution is 2.27. The number of imidazole rings is 1. The average molecular weight is 471 g/mol. The van der Waals surface area contributed by atoms with Crippen LogP contribution in [-0.2, 0) is 9.59 Å². The van der Waals surface area contributed by atoms with Crippen LogP contribution in [0.5, 0.6) is 0 Å². The molecule has 1 fully saturated rings. The van der Waals surface area contributed by atoms with E-state index in [4.69, 9.17) is 0 Å². The van der Waals surface area contributed by atoms with Gasteiger partial charge in [0.25, 0.3) is 0 Å². The number of benzene rings is 2. The van der Waals surface area contributed by atoms with E-state index in [1.165, 1.54) is 29.2 Å². The van der Waals surface area contributed by atoms with Crippen LogP contribution in [0, 0.1) is 18.7 Å². The van der Waals surface area contributed by atoms with Crippen LogP contribution >= 0.6 is 0 Å². The smallest absolute Gasteiger partial charge is 0.229 e. The second kappa shape index (κ2) is 9.34. The Labute approximate surface area is 200 Å². The van der Waals surface area contributed by atoms with E-state index in [1.807, 2.05) is 25.1 Å². The molecule has 0 saturated carbocycles. The average Bonchev–Trinajstić information content (AvgIpc) is 3.51. The van der Waals surface area contributed by atoms with E-state index >= 15 is 0 Å². The number of hydrogen-bond donors (Lipinski definition) is 2. The zero-order valence-electron chi connectivity index (χ0n) is 18.9. The Hall–Kier alpha value is -4.60. The summed E-state index contributed by atoms with van der Waals surface area (Å²) >= 11 is 0. The summed E-state index contributed by atoms with van der Waals surface area (Å²) in [5.41, 5.74) is 1.99. The van der Waals surface area contributed by atoms with Crippen LogP contribution in [0.4, 0.5) is 27.3 Å². The van der Waals surface area contributed by atoms with Crippen molar-refractivity contribution in [2.45, 2.75) is 13.3 Å². The highest BCUT2D eigenvalue weighted by molar-refractivity contribution is 6.03. The number of aromatic nitrogens is 4. The van der Waals surface area contributed by atoms with Crippen molar-refractivity contribution in [2.75, 3.05) is 22.1 Å². The normalized spacial score (nSPS) is 15.3. The maximum Gasteiger partial charge on any atom is 0.229 e. The number of carbonyl (C=O) groups is 2. The van der Waals surface area contributed by atoms with Crippen LogP contribution in [0.25, 0.3) is 5.82 Å². The molecule has 2 amide bonds. The molecule has 2 aromatic heterocycles. The second-order valence-corrected chi connectivity index (χ2v) is 8.20. The fourth-order valence-corrected chi connectivity index (χ4v) is 3.93. The van der Waals surface area contributed by atoms with Crippen LogP contribution in [0.1, 0.15) is 12.2 Å². The molecule has 0 unspecified atom stereocenters. The van der Waals surface area contributed by atoms with E-state index < -0.39 is 5.92 Å². The standard InChI is InChI=1S/C25H22FN7O2/c1-16-28-22(13-23(29-16)32-11-10-27-15-32)30-19-4-6-20(7-5-19)31-25(35)17-12-24(34)33(14-17)21-8-2-18(26)3-9-21/h2-11,13,15,17H,12,14H2,1H3,(H,31,35)(H,28,29,30)/t17-/m0/s1. The van der Waals surface area contributed by atoms with Gasteiger partial charge in [0.1, 0.15) is 29.6 Å². The van der Waals surface area contributed by atoms with Crippen LogP contribution in [0.2, 0.25) is 0 Å². The quantitative estimate of drug-likeness (QED) is 0.443. The Balaban J connectivity index is 1.22. The monoisotopic (exact) mass is 471 g/mol. The minimum atomic E-state index is -0.490. The largest absolute Gasteiger partial charge is 0.340 e. The molecule has 3 heterocycles. The van der Waals surface area contributed by atoms with Gasteiger partial charge in [-0.1, -0.05) is 0 Å². The molecule has 0 spiro atoms. The number of aryl methyl sites for hydroxylation is 1. The minimum Gasteiger partial charge on any atom is -0.340 e. The van der Waals surface area contributed by atoms with Gasteiger partial charge in [-0.2, -0.15) is 0 Å². The lowest BCUT2D eigenvalue weighted by Gasteiger charge is -2.16. The molecular formula is C25H22FN7O2. The molecule has 176 valence electrons. The van der Waals surface area contributed by atoms with Crippen molar-refractivity contribution >= 4 is 34.7 Å². The number of halogens is 1. The second-order valence-electron chi connectivity index (χ2n) is 8.20. The molecule has 1 saturated heterocycles. The highest BCUT2D eigenvalue weighted by atomic mass is 19.1. The molecule has 1 atom stereocenters. The Morgan fingerprint density at radius 3 is 2.51 bits per heavy atom. The van der Waals surface area contributed by atoms with Gasteiger partial charge in [-0.15, -0.1) is 0 Å². The van der Waals surface area contributed by atoms with E-state index in [0.29, 0.717) is 28.8 Å². The van der Waals surface area contributed by atoms with Crippen LogP contribution < -0.4 is 15.5 Å². The lowest BCUT2D eigenvalue weighted by Crippen LogP contribution is -2.28. The summed E-state index contributed by atoms with van der Waals surface area (Å²) in [6.45, 7) is 2.07. The van der Waals surface area contributed by atoms with Crippen LogP contribution in [-0.4, -0.2) is 37.9 Å². The van der Waals surface area contributed by atoms with Gasteiger partial charge >= 0.3 is 0 Å². The van der Waals surface area contributed by atoms with Crippen molar-refractivity contribution in [1.29, 1.82) is 0 Å². The highest BCUT2D eigenvalue weighted by Gasteiger charge is 2.35. The van der Waals surface area contributed by atoms with Crippen molar-refractivity contribution in [3.63, 3.8) is 0 Å². The summed E-state index contributed by atoms with van der Waals surface area (Å²) in [4.78, 5) is 39.6. The Morgan fingerprint density at radius 1 is 1.06 bits per heavy atom. The Kier molecular flexibility index (Phi) is 5.92. The molecule has 1 aliphatic rings. The summed E-state index contributed by atoms with van der Waals surface area (Å²) in [6.07, 6.45) is 5.26. The fraction of sp³-hybridized carbons (Fsp3) is 0.160.